The Morgan fingerprint density at radius 1 is 1.38 bits per heavy atom. The summed E-state index contributed by atoms with van der Waals surface area (Å²) in [7, 11) is 0. The van der Waals surface area contributed by atoms with Crippen LogP contribution in [0, 0.1) is 0 Å². The molecule has 0 spiro atoms. The Kier molecular flexibility index (Phi) is 5.11. The van der Waals surface area contributed by atoms with E-state index < -0.39 is 6.09 Å². The van der Waals surface area contributed by atoms with Gasteiger partial charge >= 0.3 is 6.09 Å². The molecule has 0 saturated heterocycles. The number of hydrogen-bond acceptors (Lipinski definition) is 2. The van der Waals surface area contributed by atoms with Gasteiger partial charge in [0.15, 0.2) is 0 Å². The number of allylic oxidation sites excluding steroid dienone is 1. The van der Waals surface area contributed by atoms with Crippen LogP contribution >= 0.6 is 23.2 Å². The SMILES string of the molecule is O=C(O)NC/C=C1\CCCc2cnn(Cc3ccc(Cl)cc3Cl)c21. The molecule has 0 saturated carbocycles. The number of nitrogens with zero attached hydrogens (tertiary/aromatic N) is 2. The van der Waals surface area contributed by atoms with Gasteiger partial charge in [-0.3, -0.25) is 4.68 Å². The molecule has 24 heavy (non-hydrogen) atoms. The van der Waals surface area contributed by atoms with Gasteiger partial charge in [-0.15, -0.1) is 0 Å². The lowest BCUT2D eigenvalue weighted by molar-refractivity contribution is 0.195. The summed E-state index contributed by atoms with van der Waals surface area (Å²) in [5, 5.41) is 16.8. The first-order chi connectivity index (χ1) is 11.5. The van der Waals surface area contributed by atoms with E-state index >= 15 is 0 Å². The number of hydrogen-bond donors (Lipinski definition) is 2. The molecule has 5 nitrogen and oxygen atoms in total. The third kappa shape index (κ3) is 3.74. The molecule has 3 rings (SSSR count). The lowest BCUT2D eigenvalue weighted by Crippen LogP contribution is -2.21. The summed E-state index contributed by atoms with van der Waals surface area (Å²) in [6, 6.07) is 5.44. The zero-order valence-electron chi connectivity index (χ0n) is 12.9. The number of rotatable bonds is 4. The molecule has 1 heterocycles. The second-order valence-electron chi connectivity index (χ2n) is 5.68. The van der Waals surface area contributed by atoms with Crippen molar-refractivity contribution >= 4 is 34.9 Å². The van der Waals surface area contributed by atoms with Crippen LogP contribution in [0.25, 0.3) is 5.57 Å². The average Bonchev–Trinajstić information content (AvgIpc) is 2.94. The van der Waals surface area contributed by atoms with Gasteiger partial charge in [0.25, 0.3) is 0 Å². The number of carboxylic acid groups (broad SMARTS) is 1. The molecule has 0 bridgehead atoms. The molecule has 1 amide bonds. The highest BCUT2D eigenvalue weighted by Crippen LogP contribution is 2.31. The van der Waals surface area contributed by atoms with Crippen LogP contribution in [-0.2, 0) is 13.0 Å². The molecule has 0 radical (unpaired) electrons. The third-order valence-corrected chi connectivity index (χ3v) is 4.64. The van der Waals surface area contributed by atoms with Crippen LogP contribution in [0.5, 0.6) is 0 Å². The lowest BCUT2D eigenvalue weighted by atomic mass is 9.92. The molecule has 1 aromatic heterocycles. The number of benzene rings is 1. The number of aromatic nitrogens is 2. The van der Waals surface area contributed by atoms with Crippen molar-refractivity contribution in [1.82, 2.24) is 15.1 Å². The first-order valence-electron chi connectivity index (χ1n) is 7.69. The van der Waals surface area contributed by atoms with Crippen molar-refractivity contribution < 1.29 is 9.90 Å². The van der Waals surface area contributed by atoms with Crippen LogP contribution in [0.15, 0.2) is 30.5 Å². The summed E-state index contributed by atoms with van der Waals surface area (Å²) >= 11 is 12.2. The van der Waals surface area contributed by atoms with Gasteiger partial charge in [0.1, 0.15) is 0 Å². The Labute approximate surface area is 149 Å². The normalized spacial score (nSPS) is 15.3. The van der Waals surface area contributed by atoms with Crippen molar-refractivity contribution in [3.63, 3.8) is 0 Å². The molecule has 1 aliphatic rings. The highest BCUT2D eigenvalue weighted by molar-refractivity contribution is 6.35. The van der Waals surface area contributed by atoms with Gasteiger partial charge in [-0.1, -0.05) is 35.3 Å². The Morgan fingerprint density at radius 3 is 2.96 bits per heavy atom. The van der Waals surface area contributed by atoms with Gasteiger partial charge in [0.2, 0.25) is 0 Å². The van der Waals surface area contributed by atoms with Crippen molar-refractivity contribution in [2.45, 2.75) is 25.8 Å². The van der Waals surface area contributed by atoms with E-state index in [2.05, 4.69) is 10.4 Å². The van der Waals surface area contributed by atoms with Gasteiger partial charge in [-0.25, -0.2) is 4.79 Å². The maximum atomic E-state index is 10.6. The van der Waals surface area contributed by atoms with E-state index in [-0.39, 0.29) is 6.54 Å². The number of fused-ring (bicyclic) bond motifs is 1. The molecule has 0 fully saturated rings. The average molecular weight is 366 g/mol. The van der Waals surface area contributed by atoms with Crippen LogP contribution < -0.4 is 5.32 Å². The van der Waals surface area contributed by atoms with Crippen LogP contribution in [0.1, 0.15) is 29.7 Å². The van der Waals surface area contributed by atoms with Gasteiger partial charge in [-0.05, 0) is 48.1 Å². The maximum absolute atomic E-state index is 10.6. The molecule has 1 aliphatic carbocycles. The quantitative estimate of drug-likeness (QED) is 0.851. The van der Waals surface area contributed by atoms with Crippen LogP contribution in [0.3, 0.4) is 0 Å². The monoisotopic (exact) mass is 365 g/mol. The standard InChI is InChI=1S/C17H17Cl2N3O2/c18-14-5-4-13(15(19)8-14)10-22-16-11(6-7-20-17(23)24)2-1-3-12(16)9-21-22/h4-6,8-9,20H,1-3,7,10H2,(H,23,24)/b11-6+. The molecular weight excluding hydrogens is 349 g/mol. The summed E-state index contributed by atoms with van der Waals surface area (Å²) in [4.78, 5) is 10.6. The molecule has 1 aromatic carbocycles. The minimum absolute atomic E-state index is 0.289. The van der Waals surface area contributed by atoms with E-state index in [0.29, 0.717) is 16.6 Å². The molecule has 7 heteroatoms. The molecular formula is C17H17Cl2N3O2. The molecule has 2 aromatic rings. The number of halogens is 2. The fraction of sp³-hybridized carbons (Fsp3) is 0.294. The van der Waals surface area contributed by atoms with E-state index in [1.807, 2.05) is 29.1 Å². The van der Waals surface area contributed by atoms with Crippen LogP contribution in [-0.4, -0.2) is 27.5 Å². The molecule has 126 valence electrons. The smallest absolute Gasteiger partial charge is 0.404 e. The number of amides is 1. The van der Waals surface area contributed by atoms with Gasteiger partial charge in [0.05, 0.1) is 18.4 Å². The van der Waals surface area contributed by atoms with E-state index in [1.54, 1.807) is 6.07 Å². The van der Waals surface area contributed by atoms with E-state index in [4.69, 9.17) is 28.3 Å². The fourth-order valence-corrected chi connectivity index (χ4v) is 3.43. The fourth-order valence-electron chi connectivity index (χ4n) is 2.96. The van der Waals surface area contributed by atoms with Crippen molar-refractivity contribution in [1.29, 1.82) is 0 Å². The number of nitrogens with one attached hydrogen (secondary N) is 1. The topological polar surface area (TPSA) is 67.2 Å². The van der Waals surface area contributed by atoms with Crippen molar-refractivity contribution in [2.24, 2.45) is 0 Å². The molecule has 2 N–H and O–H groups in total. The first-order valence-corrected chi connectivity index (χ1v) is 8.45. The minimum atomic E-state index is -1.02. The van der Waals surface area contributed by atoms with Gasteiger partial charge in [0, 0.05) is 16.6 Å². The highest BCUT2D eigenvalue weighted by atomic mass is 35.5. The van der Waals surface area contributed by atoms with E-state index in [9.17, 15) is 4.79 Å². The lowest BCUT2D eigenvalue weighted by Gasteiger charge is -2.18. The summed E-state index contributed by atoms with van der Waals surface area (Å²) in [6.45, 7) is 0.839. The molecule has 0 atom stereocenters. The second-order valence-corrected chi connectivity index (χ2v) is 6.52. The zero-order valence-corrected chi connectivity index (χ0v) is 14.4. The van der Waals surface area contributed by atoms with Crippen LogP contribution in [0.4, 0.5) is 4.79 Å². The molecule has 0 unspecified atom stereocenters. The van der Waals surface area contributed by atoms with Crippen LogP contribution in [0.2, 0.25) is 10.0 Å². The summed E-state index contributed by atoms with van der Waals surface area (Å²) < 4.78 is 1.93. The van der Waals surface area contributed by atoms with Crippen molar-refractivity contribution in [2.75, 3.05) is 6.54 Å². The minimum Gasteiger partial charge on any atom is -0.465 e. The van der Waals surface area contributed by atoms with Crippen molar-refractivity contribution in [3.05, 3.63) is 57.3 Å². The van der Waals surface area contributed by atoms with E-state index in [0.717, 1.165) is 36.1 Å². The predicted octanol–water partition coefficient (Wildman–Crippen LogP) is 4.23. The maximum Gasteiger partial charge on any atom is 0.404 e. The Bertz CT molecular complexity index is 799. The highest BCUT2D eigenvalue weighted by Gasteiger charge is 2.20. The largest absolute Gasteiger partial charge is 0.465 e. The summed E-state index contributed by atoms with van der Waals surface area (Å²) in [6.07, 6.45) is 5.72. The van der Waals surface area contributed by atoms with E-state index in [1.165, 1.54) is 5.56 Å². The summed E-state index contributed by atoms with van der Waals surface area (Å²) in [5.74, 6) is 0. The Morgan fingerprint density at radius 2 is 2.21 bits per heavy atom. The molecule has 0 aliphatic heterocycles. The first kappa shape index (κ1) is 16.9. The van der Waals surface area contributed by atoms with Gasteiger partial charge < -0.3 is 10.4 Å². The summed E-state index contributed by atoms with van der Waals surface area (Å²) in [5.41, 5.74) is 4.32. The number of carbonyl (C=O) groups is 1. The van der Waals surface area contributed by atoms with Gasteiger partial charge in [-0.2, -0.15) is 5.10 Å². The third-order valence-electron chi connectivity index (χ3n) is 4.05. The number of aryl methyl sites for hydroxylation is 1. The zero-order chi connectivity index (χ0) is 17.1. The van der Waals surface area contributed by atoms with Crippen molar-refractivity contribution in [3.8, 4) is 0 Å². The Hall–Kier alpha value is -1.98. The Balaban J connectivity index is 1.88. The second kappa shape index (κ2) is 7.28. The predicted molar refractivity (Wildman–Crippen MR) is 94.7 cm³/mol.